The van der Waals surface area contributed by atoms with E-state index in [0.717, 1.165) is 34.0 Å². The normalized spacial score (nSPS) is 10.8. The number of ether oxygens (including phenoxy) is 2. The fourth-order valence-corrected chi connectivity index (χ4v) is 2.88. The van der Waals surface area contributed by atoms with E-state index in [1.54, 1.807) is 20.4 Å². The molecular weight excluding hydrogens is 314 g/mol. The van der Waals surface area contributed by atoms with E-state index in [1.165, 1.54) is 0 Å². The highest BCUT2D eigenvalue weighted by molar-refractivity contribution is 5.82. The molecular formula is C20H17N3O2. The second-order valence-corrected chi connectivity index (χ2v) is 5.56. The first-order chi connectivity index (χ1) is 12.3. The second-order valence-electron chi connectivity index (χ2n) is 5.56. The number of imidazole rings is 1. The van der Waals surface area contributed by atoms with Crippen LogP contribution >= 0.6 is 0 Å². The average Bonchev–Trinajstić information content (AvgIpc) is 3.07. The third-order valence-electron chi connectivity index (χ3n) is 4.11. The monoisotopic (exact) mass is 331 g/mol. The van der Waals surface area contributed by atoms with Gasteiger partial charge in [-0.25, -0.2) is 9.97 Å². The summed E-state index contributed by atoms with van der Waals surface area (Å²) in [6.45, 7) is 0. The summed E-state index contributed by atoms with van der Waals surface area (Å²) in [5.74, 6) is 2.27. The van der Waals surface area contributed by atoms with Crippen LogP contribution in [0.1, 0.15) is 0 Å². The Balaban J connectivity index is 1.97. The Morgan fingerprint density at radius 3 is 2.40 bits per heavy atom. The van der Waals surface area contributed by atoms with Gasteiger partial charge in [0.05, 0.1) is 25.6 Å². The Hall–Kier alpha value is -3.34. The van der Waals surface area contributed by atoms with Crippen molar-refractivity contribution in [3.63, 3.8) is 0 Å². The van der Waals surface area contributed by atoms with Crippen molar-refractivity contribution in [1.82, 2.24) is 14.4 Å². The largest absolute Gasteiger partial charge is 0.497 e. The summed E-state index contributed by atoms with van der Waals surface area (Å²) in [4.78, 5) is 9.13. The van der Waals surface area contributed by atoms with Crippen LogP contribution in [0.4, 0.5) is 0 Å². The molecule has 0 fully saturated rings. The molecule has 0 N–H and O–H groups in total. The summed E-state index contributed by atoms with van der Waals surface area (Å²) in [5, 5.41) is 0. The molecule has 0 aliphatic rings. The van der Waals surface area contributed by atoms with Gasteiger partial charge in [0.2, 0.25) is 5.78 Å². The number of hydrogen-bond acceptors (Lipinski definition) is 4. The number of methoxy groups -OCH3 is 2. The van der Waals surface area contributed by atoms with Gasteiger partial charge in [-0.2, -0.15) is 0 Å². The Kier molecular flexibility index (Phi) is 3.82. The molecule has 0 unspecified atom stereocenters. The van der Waals surface area contributed by atoms with E-state index in [-0.39, 0.29) is 0 Å². The fraction of sp³-hybridized carbons (Fsp3) is 0.100. The number of nitrogens with zero attached hydrogens (tertiary/aromatic N) is 3. The highest BCUT2D eigenvalue weighted by atomic mass is 16.5. The van der Waals surface area contributed by atoms with E-state index in [4.69, 9.17) is 14.5 Å². The van der Waals surface area contributed by atoms with Gasteiger partial charge in [-0.1, -0.05) is 12.1 Å². The molecule has 0 atom stereocenters. The van der Waals surface area contributed by atoms with Crippen molar-refractivity contribution in [3.8, 4) is 34.0 Å². The van der Waals surface area contributed by atoms with E-state index in [1.807, 2.05) is 65.2 Å². The van der Waals surface area contributed by atoms with Gasteiger partial charge in [0, 0.05) is 23.5 Å². The predicted octanol–water partition coefficient (Wildman–Crippen LogP) is 4.08. The first kappa shape index (κ1) is 15.2. The highest BCUT2D eigenvalue weighted by Gasteiger charge is 2.17. The van der Waals surface area contributed by atoms with Gasteiger partial charge < -0.3 is 9.47 Å². The molecule has 124 valence electrons. The van der Waals surface area contributed by atoms with E-state index in [2.05, 4.69) is 4.98 Å². The topological polar surface area (TPSA) is 48.7 Å². The van der Waals surface area contributed by atoms with Crippen LogP contribution in [0.5, 0.6) is 11.5 Å². The number of hydrogen-bond donors (Lipinski definition) is 0. The van der Waals surface area contributed by atoms with Crippen LogP contribution in [-0.2, 0) is 0 Å². The summed E-state index contributed by atoms with van der Waals surface area (Å²) in [6, 6.07) is 17.7. The molecule has 0 radical (unpaired) electrons. The molecule has 2 heterocycles. The Bertz CT molecular complexity index is 1020. The summed E-state index contributed by atoms with van der Waals surface area (Å²) < 4.78 is 12.6. The first-order valence-electron chi connectivity index (χ1n) is 7.92. The molecule has 0 saturated heterocycles. The molecule has 4 aromatic rings. The smallest absolute Gasteiger partial charge is 0.234 e. The van der Waals surface area contributed by atoms with Crippen molar-refractivity contribution in [1.29, 1.82) is 0 Å². The van der Waals surface area contributed by atoms with Gasteiger partial charge in [0.15, 0.2) is 0 Å². The zero-order valence-electron chi connectivity index (χ0n) is 14.0. The molecule has 5 heteroatoms. The predicted molar refractivity (Wildman–Crippen MR) is 97.0 cm³/mol. The zero-order valence-corrected chi connectivity index (χ0v) is 14.0. The van der Waals surface area contributed by atoms with E-state index in [9.17, 15) is 0 Å². The van der Waals surface area contributed by atoms with Crippen molar-refractivity contribution in [2.75, 3.05) is 14.2 Å². The molecule has 4 rings (SSSR count). The maximum atomic E-state index is 5.38. The molecule has 0 aliphatic heterocycles. The zero-order chi connectivity index (χ0) is 17.2. The lowest BCUT2D eigenvalue weighted by Crippen LogP contribution is -1.91. The molecule has 0 bridgehead atoms. The van der Waals surface area contributed by atoms with Crippen molar-refractivity contribution in [2.45, 2.75) is 0 Å². The van der Waals surface area contributed by atoms with Crippen LogP contribution in [0.25, 0.3) is 28.3 Å². The van der Waals surface area contributed by atoms with Gasteiger partial charge >= 0.3 is 0 Å². The molecule has 25 heavy (non-hydrogen) atoms. The third kappa shape index (κ3) is 2.70. The minimum atomic E-state index is 0.658. The van der Waals surface area contributed by atoms with E-state index in [0.29, 0.717) is 5.78 Å². The maximum Gasteiger partial charge on any atom is 0.234 e. The van der Waals surface area contributed by atoms with Crippen LogP contribution in [0.3, 0.4) is 0 Å². The van der Waals surface area contributed by atoms with Gasteiger partial charge in [0.1, 0.15) is 11.5 Å². The minimum Gasteiger partial charge on any atom is -0.497 e. The summed E-state index contributed by atoms with van der Waals surface area (Å²) in [5.41, 5.74) is 3.87. The van der Waals surface area contributed by atoms with Gasteiger partial charge in [-0.15, -0.1) is 0 Å². The quantitative estimate of drug-likeness (QED) is 0.565. The van der Waals surface area contributed by atoms with Gasteiger partial charge in [0.25, 0.3) is 0 Å². The molecule has 2 aromatic heterocycles. The minimum absolute atomic E-state index is 0.658. The number of benzene rings is 2. The maximum absolute atomic E-state index is 5.38. The number of fused-ring (bicyclic) bond motifs is 1. The lowest BCUT2D eigenvalue weighted by Gasteiger charge is -2.08. The van der Waals surface area contributed by atoms with E-state index < -0.39 is 0 Å². The summed E-state index contributed by atoms with van der Waals surface area (Å²) >= 11 is 0. The third-order valence-corrected chi connectivity index (χ3v) is 4.11. The molecule has 5 nitrogen and oxygen atoms in total. The van der Waals surface area contributed by atoms with Gasteiger partial charge in [-0.05, 0) is 42.5 Å². The fourth-order valence-electron chi connectivity index (χ4n) is 2.88. The number of aromatic nitrogens is 3. The van der Waals surface area contributed by atoms with E-state index >= 15 is 0 Å². The van der Waals surface area contributed by atoms with Crippen LogP contribution in [-0.4, -0.2) is 28.6 Å². The standard InChI is InChI=1S/C20H17N3O2/c1-24-16-9-7-14(8-10-16)18-19(15-5-3-6-17(13-15)25-2)23-12-4-11-21-20(23)22-18/h3-13H,1-2H3. The first-order valence-corrected chi connectivity index (χ1v) is 7.92. The SMILES string of the molecule is COc1ccc(-c2nc3ncccn3c2-c2cccc(OC)c2)cc1. The van der Waals surface area contributed by atoms with Crippen molar-refractivity contribution in [3.05, 3.63) is 67.0 Å². The summed E-state index contributed by atoms with van der Waals surface area (Å²) in [7, 11) is 3.32. The van der Waals surface area contributed by atoms with Crippen molar-refractivity contribution >= 4 is 5.78 Å². The Morgan fingerprint density at radius 1 is 0.840 bits per heavy atom. The highest BCUT2D eigenvalue weighted by Crippen LogP contribution is 2.34. The number of rotatable bonds is 4. The van der Waals surface area contributed by atoms with Crippen LogP contribution < -0.4 is 9.47 Å². The molecule has 0 saturated carbocycles. The Morgan fingerprint density at radius 2 is 1.64 bits per heavy atom. The van der Waals surface area contributed by atoms with Crippen molar-refractivity contribution < 1.29 is 9.47 Å². The molecule has 0 aliphatic carbocycles. The van der Waals surface area contributed by atoms with Crippen LogP contribution in [0, 0.1) is 0 Å². The average molecular weight is 331 g/mol. The molecule has 0 spiro atoms. The lowest BCUT2D eigenvalue weighted by atomic mass is 10.0. The molecule has 0 amide bonds. The van der Waals surface area contributed by atoms with Gasteiger partial charge in [-0.3, -0.25) is 4.40 Å². The van der Waals surface area contributed by atoms with Crippen LogP contribution in [0.15, 0.2) is 67.0 Å². The van der Waals surface area contributed by atoms with Crippen molar-refractivity contribution in [2.24, 2.45) is 0 Å². The second kappa shape index (κ2) is 6.28. The Labute approximate surface area is 145 Å². The summed E-state index contributed by atoms with van der Waals surface area (Å²) in [6.07, 6.45) is 3.71. The molecule has 2 aromatic carbocycles. The van der Waals surface area contributed by atoms with Crippen LogP contribution in [0.2, 0.25) is 0 Å². The lowest BCUT2D eigenvalue weighted by molar-refractivity contribution is 0.415.